The largest absolute Gasteiger partial charge is 0.495 e. The SMILES string of the molecule is COc1cc(C2(N)CC3CCC(C2)N3C)ccc1Cl. The average Bonchev–Trinajstić information content (AvgIpc) is 2.63. The summed E-state index contributed by atoms with van der Waals surface area (Å²) in [5.41, 5.74) is 7.62. The number of hydrogen-bond acceptors (Lipinski definition) is 3. The quantitative estimate of drug-likeness (QED) is 0.905. The van der Waals surface area contributed by atoms with Crippen LogP contribution in [0.3, 0.4) is 0 Å². The molecule has 2 aliphatic rings. The van der Waals surface area contributed by atoms with Crippen LogP contribution >= 0.6 is 11.6 Å². The molecule has 2 N–H and O–H groups in total. The highest BCUT2D eigenvalue weighted by Crippen LogP contribution is 2.44. The first-order chi connectivity index (χ1) is 9.03. The van der Waals surface area contributed by atoms with Gasteiger partial charge < -0.3 is 15.4 Å². The highest BCUT2D eigenvalue weighted by molar-refractivity contribution is 6.32. The van der Waals surface area contributed by atoms with Crippen LogP contribution in [0, 0.1) is 0 Å². The molecule has 2 atom stereocenters. The average molecular weight is 281 g/mol. The monoisotopic (exact) mass is 280 g/mol. The van der Waals surface area contributed by atoms with Gasteiger partial charge in [-0.3, -0.25) is 0 Å². The third-order valence-electron chi connectivity index (χ3n) is 4.91. The molecule has 2 heterocycles. The van der Waals surface area contributed by atoms with Crippen LogP contribution in [0.1, 0.15) is 31.2 Å². The van der Waals surface area contributed by atoms with Crippen LogP contribution in [0.15, 0.2) is 18.2 Å². The molecular weight excluding hydrogens is 260 g/mol. The Balaban J connectivity index is 1.93. The minimum absolute atomic E-state index is 0.240. The van der Waals surface area contributed by atoms with Crippen LogP contribution in [0.4, 0.5) is 0 Å². The maximum Gasteiger partial charge on any atom is 0.137 e. The van der Waals surface area contributed by atoms with E-state index in [1.807, 2.05) is 12.1 Å². The number of hydrogen-bond donors (Lipinski definition) is 1. The Bertz CT molecular complexity index is 477. The second kappa shape index (κ2) is 4.65. The van der Waals surface area contributed by atoms with Gasteiger partial charge in [0.2, 0.25) is 0 Å². The second-order valence-electron chi connectivity index (χ2n) is 5.96. The minimum Gasteiger partial charge on any atom is -0.495 e. The minimum atomic E-state index is -0.240. The van der Waals surface area contributed by atoms with Gasteiger partial charge in [0.05, 0.1) is 12.1 Å². The van der Waals surface area contributed by atoms with Crippen molar-refractivity contribution in [1.82, 2.24) is 4.90 Å². The molecule has 19 heavy (non-hydrogen) atoms. The van der Waals surface area contributed by atoms with Crippen molar-refractivity contribution >= 4 is 11.6 Å². The van der Waals surface area contributed by atoms with Gasteiger partial charge >= 0.3 is 0 Å². The maximum atomic E-state index is 6.71. The van der Waals surface area contributed by atoms with Gasteiger partial charge in [0.15, 0.2) is 0 Å². The Hall–Kier alpha value is -0.770. The van der Waals surface area contributed by atoms with Crippen LogP contribution in [-0.4, -0.2) is 31.1 Å². The van der Waals surface area contributed by atoms with Crippen molar-refractivity contribution in [3.05, 3.63) is 28.8 Å². The first-order valence-corrected chi connectivity index (χ1v) is 7.26. The van der Waals surface area contributed by atoms with E-state index >= 15 is 0 Å². The summed E-state index contributed by atoms with van der Waals surface area (Å²) in [6, 6.07) is 7.18. The van der Waals surface area contributed by atoms with Crippen molar-refractivity contribution in [2.45, 2.75) is 43.3 Å². The number of methoxy groups -OCH3 is 1. The summed E-state index contributed by atoms with van der Waals surface area (Å²) in [4.78, 5) is 2.50. The van der Waals surface area contributed by atoms with Gasteiger partial charge in [-0.2, -0.15) is 0 Å². The Labute approximate surface area is 119 Å². The molecule has 3 rings (SSSR count). The number of fused-ring (bicyclic) bond motifs is 2. The van der Waals surface area contributed by atoms with Gasteiger partial charge in [-0.1, -0.05) is 17.7 Å². The topological polar surface area (TPSA) is 38.5 Å². The molecule has 0 spiro atoms. The van der Waals surface area contributed by atoms with Crippen LogP contribution < -0.4 is 10.5 Å². The fourth-order valence-corrected chi connectivity index (χ4v) is 3.91. The lowest BCUT2D eigenvalue weighted by molar-refractivity contribution is 0.113. The fraction of sp³-hybridized carbons (Fsp3) is 0.600. The number of benzene rings is 1. The lowest BCUT2D eigenvalue weighted by atomic mass is 9.78. The molecule has 3 nitrogen and oxygen atoms in total. The van der Waals surface area contributed by atoms with Crippen molar-refractivity contribution in [3.63, 3.8) is 0 Å². The number of ether oxygens (including phenoxy) is 1. The Kier molecular flexibility index (Phi) is 3.24. The molecule has 0 amide bonds. The summed E-state index contributed by atoms with van der Waals surface area (Å²) >= 11 is 6.10. The first kappa shape index (κ1) is 13.2. The number of halogens is 1. The standard InChI is InChI=1S/C15H21ClN2O/c1-18-11-4-5-12(18)9-15(17,8-11)10-3-6-13(16)14(7-10)19-2/h3,6-7,11-12H,4-5,8-9,17H2,1-2H3. The molecule has 2 saturated heterocycles. The molecular formula is C15H21ClN2O. The van der Waals surface area contributed by atoms with E-state index in [2.05, 4.69) is 18.0 Å². The molecule has 1 aromatic carbocycles. The highest BCUT2D eigenvalue weighted by atomic mass is 35.5. The molecule has 0 aromatic heterocycles. The van der Waals surface area contributed by atoms with Crippen LogP contribution in [-0.2, 0) is 5.54 Å². The van der Waals surface area contributed by atoms with Crippen LogP contribution in [0.5, 0.6) is 5.75 Å². The van der Waals surface area contributed by atoms with Gasteiger partial charge in [-0.15, -0.1) is 0 Å². The van der Waals surface area contributed by atoms with Crippen molar-refractivity contribution in [3.8, 4) is 5.75 Å². The Morgan fingerprint density at radius 1 is 1.32 bits per heavy atom. The summed E-state index contributed by atoms with van der Waals surface area (Å²) in [5.74, 6) is 0.718. The zero-order valence-electron chi connectivity index (χ0n) is 11.5. The summed E-state index contributed by atoms with van der Waals surface area (Å²) in [7, 11) is 3.87. The van der Waals surface area contributed by atoms with Crippen molar-refractivity contribution in [2.75, 3.05) is 14.2 Å². The first-order valence-electron chi connectivity index (χ1n) is 6.88. The van der Waals surface area contributed by atoms with Crippen molar-refractivity contribution in [1.29, 1.82) is 0 Å². The molecule has 2 bridgehead atoms. The lowest BCUT2D eigenvalue weighted by Crippen LogP contribution is -2.52. The van der Waals surface area contributed by atoms with Gasteiger partial charge in [0.1, 0.15) is 5.75 Å². The number of nitrogens with two attached hydrogens (primary N) is 1. The van der Waals surface area contributed by atoms with E-state index in [4.69, 9.17) is 22.1 Å². The third-order valence-corrected chi connectivity index (χ3v) is 5.22. The van der Waals surface area contributed by atoms with Crippen LogP contribution in [0.2, 0.25) is 5.02 Å². The van der Waals surface area contributed by atoms with E-state index in [-0.39, 0.29) is 5.54 Å². The third kappa shape index (κ3) is 2.14. The van der Waals surface area contributed by atoms with Gasteiger partial charge in [0, 0.05) is 17.6 Å². The Morgan fingerprint density at radius 3 is 2.53 bits per heavy atom. The molecule has 0 radical (unpaired) electrons. The summed E-state index contributed by atoms with van der Waals surface area (Å²) < 4.78 is 5.31. The second-order valence-corrected chi connectivity index (χ2v) is 6.37. The molecule has 1 aromatic rings. The lowest BCUT2D eigenvalue weighted by Gasteiger charge is -2.43. The number of piperidine rings is 1. The maximum absolute atomic E-state index is 6.71. The van der Waals surface area contributed by atoms with Gasteiger partial charge in [0.25, 0.3) is 0 Å². The van der Waals surface area contributed by atoms with Crippen LogP contribution in [0.25, 0.3) is 0 Å². The number of rotatable bonds is 2. The zero-order valence-corrected chi connectivity index (χ0v) is 12.3. The Morgan fingerprint density at radius 2 is 1.95 bits per heavy atom. The smallest absolute Gasteiger partial charge is 0.137 e. The predicted molar refractivity (Wildman–Crippen MR) is 77.7 cm³/mol. The molecule has 0 saturated carbocycles. The molecule has 4 heteroatoms. The van der Waals surface area contributed by atoms with Crippen molar-refractivity contribution in [2.24, 2.45) is 5.73 Å². The molecule has 2 unspecified atom stereocenters. The van der Waals surface area contributed by atoms with E-state index < -0.39 is 0 Å². The molecule has 2 fully saturated rings. The van der Waals surface area contributed by atoms with Gasteiger partial charge in [-0.05, 0) is 50.4 Å². The molecule has 0 aliphatic carbocycles. The van der Waals surface area contributed by atoms with E-state index in [0.717, 1.165) is 24.2 Å². The fourth-order valence-electron chi connectivity index (χ4n) is 3.71. The number of nitrogens with zero attached hydrogens (tertiary/aromatic N) is 1. The van der Waals surface area contributed by atoms with E-state index in [1.54, 1.807) is 7.11 Å². The molecule has 2 aliphatic heterocycles. The van der Waals surface area contributed by atoms with E-state index in [0.29, 0.717) is 17.1 Å². The molecule has 104 valence electrons. The summed E-state index contributed by atoms with van der Waals surface area (Å²) in [5, 5.41) is 0.644. The zero-order chi connectivity index (χ0) is 13.6. The van der Waals surface area contributed by atoms with E-state index in [1.165, 1.54) is 12.8 Å². The predicted octanol–water partition coefficient (Wildman–Crippen LogP) is 2.76. The van der Waals surface area contributed by atoms with E-state index in [9.17, 15) is 0 Å². The highest BCUT2D eigenvalue weighted by Gasteiger charge is 2.45. The van der Waals surface area contributed by atoms with Gasteiger partial charge in [-0.25, -0.2) is 0 Å². The van der Waals surface area contributed by atoms with Crippen molar-refractivity contribution < 1.29 is 4.74 Å². The summed E-state index contributed by atoms with van der Waals surface area (Å²) in [6.45, 7) is 0. The normalized spacial score (nSPS) is 34.5. The summed E-state index contributed by atoms with van der Waals surface area (Å²) in [6.07, 6.45) is 4.57.